The van der Waals surface area contributed by atoms with Gasteiger partial charge in [0.15, 0.2) is 5.82 Å². The molecule has 1 fully saturated rings. The van der Waals surface area contributed by atoms with Gasteiger partial charge in [-0.25, -0.2) is 4.98 Å². The Kier molecular flexibility index (Phi) is 6.07. The smallest absolute Gasteiger partial charge is 0.248 e. The first-order valence-corrected chi connectivity index (χ1v) is 13.5. The summed E-state index contributed by atoms with van der Waals surface area (Å²) in [6.07, 6.45) is 8.76. The largest absolute Gasteiger partial charge is 0.368 e. The molecule has 1 saturated heterocycles. The molecule has 4 heterocycles. The fourth-order valence-electron chi connectivity index (χ4n) is 5.42. The highest BCUT2D eigenvalue weighted by Gasteiger charge is 2.24. The molecule has 1 aromatic carbocycles. The minimum Gasteiger partial charge on any atom is -0.368 e. The number of anilines is 3. The number of nitrogens with zero attached hydrogens (tertiary/aromatic N) is 6. The molecule has 10 heteroatoms. The molecular formula is C25H29ClN8S. The number of thiophene rings is 1. The summed E-state index contributed by atoms with van der Waals surface area (Å²) in [4.78, 5) is 17.0. The molecule has 182 valence electrons. The quantitative estimate of drug-likeness (QED) is 0.361. The highest BCUT2D eigenvalue weighted by molar-refractivity contribution is 7.19. The summed E-state index contributed by atoms with van der Waals surface area (Å²) in [6.45, 7) is 4.50. The van der Waals surface area contributed by atoms with E-state index < -0.39 is 0 Å². The number of hydrogen-bond acceptors (Lipinski definition) is 8. The van der Waals surface area contributed by atoms with Crippen molar-refractivity contribution in [1.29, 1.82) is 0 Å². The summed E-state index contributed by atoms with van der Waals surface area (Å²) in [5.74, 6) is 1.22. The van der Waals surface area contributed by atoms with Gasteiger partial charge in [-0.15, -0.1) is 16.4 Å². The monoisotopic (exact) mass is 508 g/mol. The van der Waals surface area contributed by atoms with Gasteiger partial charge in [0.1, 0.15) is 0 Å². The first-order chi connectivity index (χ1) is 17.0. The second-order valence-corrected chi connectivity index (χ2v) is 11.1. The molecule has 4 aromatic rings. The summed E-state index contributed by atoms with van der Waals surface area (Å²) in [5.41, 5.74) is 10.9. The Balaban J connectivity index is 1.29. The number of aromatic nitrogens is 5. The summed E-state index contributed by atoms with van der Waals surface area (Å²) < 4.78 is 2.41. The summed E-state index contributed by atoms with van der Waals surface area (Å²) in [5, 5.41) is 8.14. The topological polar surface area (TPSA) is 97.8 Å². The van der Waals surface area contributed by atoms with E-state index in [0.29, 0.717) is 17.8 Å². The van der Waals surface area contributed by atoms with E-state index in [2.05, 4.69) is 48.5 Å². The molecular weight excluding hydrogens is 480 g/mol. The van der Waals surface area contributed by atoms with Gasteiger partial charge < -0.3 is 16.0 Å². The van der Waals surface area contributed by atoms with Gasteiger partial charge in [-0.2, -0.15) is 14.6 Å². The van der Waals surface area contributed by atoms with Crippen molar-refractivity contribution in [2.45, 2.75) is 57.9 Å². The molecule has 3 aromatic heterocycles. The van der Waals surface area contributed by atoms with Crippen molar-refractivity contribution in [2.24, 2.45) is 0 Å². The predicted octanol–water partition coefficient (Wildman–Crippen LogP) is 5.29. The fraction of sp³-hybridized carbons (Fsp3) is 0.440. The molecule has 1 atom stereocenters. The van der Waals surface area contributed by atoms with Gasteiger partial charge in [0.25, 0.3) is 0 Å². The van der Waals surface area contributed by atoms with Crippen LogP contribution in [0.5, 0.6) is 0 Å². The van der Waals surface area contributed by atoms with Gasteiger partial charge in [0.2, 0.25) is 17.2 Å². The number of rotatable bonds is 4. The van der Waals surface area contributed by atoms with Gasteiger partial charge >= 0.3 is 0 Å². The third kappa shape index (κ3) is 4.60. The van der Waals surface area contributed by atoms with Crippen molar-refractivity contribution in [3.63, 3.8) is 0 Å². The predicted molar refractivity (Wildman–Crippen MR) is 142 cm³/mol. The normalized spacial score (nSPS) is 19.0. The SMILES string of the molecule is Cc1cc2nc(Cl)nc(-n3nc(Nc4ccc5c(c4)CC(N4CCCC4)CCCC5)nc3N)c2s1. The first kappa shape index (κ1) is 22.7. The third-order valence-electron chi connectivity index (χ3n) is 7.09. The Bertz CT molecular complexity index is 1370. The van der Waals surface area contributed by atoms with Crippen molar-refractivity contribution >= 4 is 50.7 Å². The maximum atomic E-state index is 6.26. The number of hydrogen-bond donors (Lipinski definition) is 2. The van der Waals surface area contributed by atoms with E-state index in [1.807, 2.05) is 13.0 Å². The molecule has 0 bridgehead atoms. The van der Waals surface area contributed by atoms with E-state index in [4.69, 9.17) is 17.3 Å². The zero-order valence-electron chi connectivity index (χ0n) is 19.8. The Morgan fingerprint density at radius 1 is 1.06 bits per heavy atom. The lowest BCUT2D eigenvalue weighted by molar-refractivity contribution is 0.222. The molecule has 1 aliphatic heterocycles. The molecule has 0 amide bonds. The highest BCUT2D eigenvalue weighted by Crippen LogP contribution is 2.31. The molecule has 35 heavy (non-hydrogen) atoms. The van der Waals surface area contributed by atoms with Crippen LogP contribution in [0.4, 0.5) is 17.6 Å². The van der Waals surface area contributed by atoms with Gasteiger partial charge in [-0.1, -0.05) is 12.5 Å². The van der Waals surface area contributed by atoms with Crippen LogP contribution in [0.15, 0.2) is 24.3 Å². The van der Waals surface area contributed by atoms with Crippen LogP contribution in [0.25, 0.3) is 16.0 Å². The number of nitrogens with one attached hydrogen (secondary N) is 1. The summed E-state index contributed by atoms with van der Waals surface area (Å²) in [7, 11) is 0. The van der Waals surface area contributed by atoms with Crippen molar-refractivity contribution in [3.8, 4) is 5.82 Å². The maximum Gasteiger partial charge on any atom is 0.248 e. The van der Waals surface area contributed by atoms with Crippen LogP contribution in [0.2, 0.25) is 5.28 Å². The molecule has 1 aliphatic carbocycles. The average Bonchev–Trinajstić information content (AvgIpc) is 3.54. The van der Waals surface area contributed by atoms with Crippen LogP contribution in [-0.2, 0) is 12.8 Å². The van der Waals surface area contributed by atoms with Crippen molar-refractivity contribution in [2.75, 3.05) is 24.1 Å². The second kappa shape index (κ2) is 9.37. The van der Waals surface area contributed by atoms with E-state index in [1.165, 1.54) is 61.0 Å². The molecule has 0 radical (unpaired) electrons. The van der Waals surface area contributed by atoms with Gasteiger partial charge in [0.05, 0.1) is 10.2 Å². The zero-order chi connectivity index (χ0) is 23.9. The molecule has 1 unspecified atom stereocenters. The molecule has 0 saturated carbocycles. The Hall–Kier alpha value is -2.75. The minimum atomic E-state index is 0.156. The van der Waals surface area contributed by atoms with Crippen molar-refractivity contribution < 1.29 is 0 Å². The van der Waals surface area contributed by atoms with E-state index >= 15 is 0 Å². The minimum absolute atomic E-state index is 0.156. The number of benzene rings is 1. The number of nitrogens with two attached hydrogens (primary N) is 1. The average molecular weight is 509 g/mol. The van der Waals surface area contributed by atoms with Gasteiger partial charge in [-0.3, -0.25) is 0 Å². The number of nitrogen functional groups attached to an aromatic ring is 1. The lowest BCUT2D eigenvalue weighted by Crippen LogP contribution is -2.35. The van der Waals surface area contributed by atoms with Crippen LogP contribution in [0, 0.1) is 6.92 Å². The number of aryl methyl sites for hydroxylation is 2. The van der Waals surface area contributed by atoms with Crippen molar-refractivity contribution in [1.82, 2.24) is 29.6 Å². The van der Waals surface area contributed by atoms with Crippen LogP contribution < -0.4 is 11.1 Å². The number of halogens is 1. The zero-order valence-corrected chi connectivity index (χ0v) is 21.4. The third-order valence-corrected chi connectivity index (χ3v) is 8.30. The van der Waals surface area contributed by atoms with Crippen LogP contribution in [0.3, 0.4) is 0 Å². The molecule has 8 nitrogen and oxygen atoms in total. The van der Waals surface area contributed by atoms with Crippen LogP contribution in [-0.4, -0.2) is 48.8 Å². The molecule has 3 N–H and O–H groups in total. The Morgan fingerprint density at radius 3 is 2.77 bits per heavy atom. The fourth-order valence-corrected chi connectivity index (χ4v) is 6.52. The van der Waals surface area contributed by atoms with Crippen molar-refractivity contribution in [3.05, 3.63) is 45.6 Å². The Labute approximate surface area is 213 Å². The van der Waals surface area contributed by atoms with Crippen LogP contribution >= 0.6 is 22.9 Å². The van der Waals surface area contributed by atoms with Crippen LogP contribution in [0.1, 0.15) is 48.1 Å². The highest BCUT2D eigenvalue weighted by atomic mass is 35.5. The lowest BCUT2D eigenvalue weighted by atomic mass is 9.89. The lowest BCUT2D eigenvalue weighted by Gasteiger charge is -2.30. The van der Waals surface area contributed by atoms with E-state index in [-0.39, 0.29) is 11.2 Å². The van der Waals surface area contributed by atoms with E-state index in [9.17, 15) is 0 Å². The Morgan fingerprint density at radius 2 is 1.91 bits per heavy atom. The maximum absolute atomic E-state index is 6.26. The second-order valence-electron chi connectivity index (χ2n) is 9.55. The van der Waals surface area contributed by atoms with E-state index in [0.717, 1.165) is 33.6 Å². The van der Waals surface area contributed by atoms with E-state index in [1.54, 1.807) is 11.3 Å². The molecule has 6 rings (SSSR count). The van der Waals surface area contributed by atoms with Gasteiger partial charge in [0, 0.05) is 16.6 Å². The number of likely N-dealkylation sites (tertiary alicyclic amines) is 1. The van der Waals surface area contributed by atoms with Gasteiger partial charge in [-0.05, 0) is 99.5 Å². The standard InChI is InChI=1S/C25H29ClN8S/c1-15-12-20-21(35-15)22(30-23(26)29-20)34-24(27)31-25(32-34)28-18-9-8-16-6-2-3-7-19(14-17(16)13-18)33-10-4-5-11-33/h8-9,12-13,19H,2-7,10-11,14H2,1H3,(H3,27,28,31,32). The molecule has 0 spiro atoms. The first-order valence-electron chi connectivity index (χ1n) is 12.3. The number of fused-ring (bicyclic) bond motifs is 2. The summed E-state index contributed by atoms with van der Waals surface area (Å²) >= 11 is 7.77. The summed E-state index contributed by atoms with van der Waals surface area (Å²) in [6, 6.07) is 9.26. The molecule has 2 aliphatic rings.